The highest BCUT2D eigenvalue weighted by Crippen LogP contribution is 2.27. The molecule has 1 heterocycles. The lowest BCUT2D eigenvalue weighted by Gasteiger charge is -2.34. The molecule has 2 aromatic carbocycles. The highest BCUT2D eigenvalue weighted by atomic mass is 35.5. The zero-order valence-corrected chi connectivity index (χ0v) is 12.6. The number of hydrogen-bond acceptors (Lipinski definition) is 3. The molecule has 21 heavy (non-hydrogen) atoms. The first-order chi connectivity index (χ1) is 10.2. The summed E-state index contributed by atoms with van der Waals surface area (Å²) in [6.45, 7) is 2.25. The summed E-state index contributed by atoms with van der Waals surface area (Å²) in [5, 5.41) is 0.647. The second-order valence-corrected chi connectivity index (χ2v) is 5.73. The lowest BCUT2D eigenvalue weighted by Crippen LogP contribution is -2.44. The van der Waals surface area contributed by atoms with E-state index in [0.717, 1.165) is 25.3 Å². The standard InChI is InChI=1S/C17H19ClN2O/c18-15-6-2-4-8-17(15)21-10-9-20-12-14(19)11-13-5-1-3-7-16(13)20/h1-8,14H,9-12,19H2. The van der Waals surface area contributed by atoms with E-state index in [1.54, 1.807) is 0 Å². The first-order valence-corrected chi connectivity index (χ1v) is 7.57. The molecule has 0 saturated carbocycles. The Morgan fingerprint density at radius 3 is 2.76 bits per heavy atom. The minimum absolute atomic E-state index is 0.181. The van der Waals surface area contributed by atoms with E-state index in [2.05, 4.69) is 29.2 Å². The molecule has 0 spiro atoms. The van der Waals surface area contributed by atoms with Gasteiger partial charge in [0, 0.05) is 18.3 Å². The molecule has 2 N–H and O–H groups in total. The van der Waals surface area contributed by atoms with Gasteiger partial charge in [-0.3, -0.25) is 0 Å². The Balaban J connectivity index is 1.65. The molecule has 0 aromatic heterocycles. The van der Waals surface area contributed by atoms with E-state index in [-0.39, 0.29) is 6.04 Å². The maximum absolute atomic E-state index is 6.14. The molecule has 1 atom stereocenters. The Labute approximate surface area is 130 Å². The highest BCUT2D eigenvalue weighted by Gasteiger charge is 2.21. The molecule has 110 valence electrons. The Morgan fingerprint density at radius 2 is 1.90 bits per heavy atom. The first-order valence-electron chi connectivity index (χ1n) is 7.20. The van der Waals surface area contributed by atoms with Crippen LogP contribution in [0.3, 0.4) is 0 Å². The van der Waals surface area contributed by atoms with E-state index in [1.807, 2.05) is 24.3 Å². The summed E-state index contributed by atoms with van der Waals surface area (Å²) >= 11 is 6.09. The SMILES string of the molecule is NC1Cc2ccccc2N(CCOc2ccccc2Cl)C1. The second-order valence-electron chi connectivity index (χ2n) is 5.32. The molecule has 2 aromatic rings. The first kappa shape index (κ1) is 14.2. The van der Waals surface area contributed by atoms with Crippen molar-refractivity contribution in [1.82, 2.24) is 0 Å². The Kier molecular flexibility index (Phi) is 4.32. The van der Waals surface area contributed by atoms with Crippen molar-refractivity contribution >= 4 is 17.3 Å². The summed E-state index contributed by atoms with van der Waals surface area (Å²) in [6.07, 6.45) is 0.943. The van der Waals surface area contributed by atoms with Crippen LogP contribution in [0.25, 0.3) is 0 Å². The third-order valence-corrected chi connectivity index (χ3v) is 4.04. The molecule has 1 unspecified atom stereocenters. The number of hydrogen-bond donors (Lipinski definition) is 1. The van der Waals surface area contributed by atoms with Gasteiger partial charge < -0.3 is 15.4 Å². The molecule has 0 amide bonds. The number of nitrogens with zero attached hydrogens (tertiary/aromatic N) is 1. The van der Waals surface area contributed by atoms with Crippen molar-refractivity contribution in [3.63, 3.8) is 0 Å². The minimum Gasteiger partial charge on any atom is -0.490 e. The molecule has 0 fully saturated rings. The van der Waals surface area contributed by atoms with Crippen LogP contribution in [0.4, 0.5) is 5.69 Å². The van der Waals surface area contributed by atoms with Gasteiger partial charge in [0.05, 0.1) is 11.6 Å². The maximum atomic E-state index is 6.14. The average Bonchev–Trinajstić information content (AvgIpc) is 2.49. The molecule has 0 bridgehead atoms. The van der Waals surface area contributed by atoms with Gasteiger partial charge in [-0.25, -0.2) is 0 Å². The van der Waals surface area contributed by atoms with Crippen LogP contribution in [0.2, 0.25) is 5.02 Å². The zero-order chi connectivity index (χ0) is 14.7. The molecule has 3 nitrogen and oxygen atoms in total. The van der Waals surface area contributed by atoms with Gasteiger partial charge in [0.15, 0.2) is 0 Å². The van der Waals surface area contributed by atoms with E-state index in [1.165, 1.54) is 11.3 Å². The van der Waals surface area contributed by atoms with Crippen LogP contribution < -0.4 is 15.4 Å². The fraction of sp³-hybridized carbons (Fsp3) is 0.294. The summed E-state index contributed by atoms with van der Waals surface area (Å²) in [6, 6.07) is 16.2. The van der Waals surface area contributed by atoms with Crippen LogP contribution in [0.1, 0.15) is 5.56 Å². The summed E-state index contributed by atoms with van der Waals surface area (Å²) < 4.78 is 5.78. The second kappa shape index (κ2) is 6.37. The van der Waals surface area contributed by atoms with Gasteiger partial charge in [-0.2, -0.15) is 0 Å². The molecule has 1 aliphatic rings. The summed E-state index contributed by atoms with van der Waals surface area (Å²) in [5.74, 6) is 0.730. The van der Waals surface area contributed by atoms with E-state index >= 15 is 0 Å². The zero-order valence-electron chi connectivity index (χ0n) is 11.8. The number of nitrogens with two attached hydrogens (primary N) is 1. The summed E-state index contributed by atoms with van der Waals surface area (Å²) in [5.41, 5.74) is 8.72. The van der Waals surface area contributed by atoms with Gasteiger partial charge in [0.25, 0.3) is 0 Å². The Hall–Kier alpha value is -1.71. The van der Waals surface area contributed by atoms with Gasteiger partial charge in [-0.05, 0) is 30.2 Å². The Morgan fingerprint density at radius 1 is 1.14 bits per heavy atom. The normalized spacial score (nSPS) is 17.4. The molecule has 0 saturated heterocycles. The number of para-hydroxylation sites is 2. The lowest BCUT2D eigenvalue weighted by molar-refractivity contribution is 0.321. The van der Waals surface area contributed by atoms with Gasteiger partial charge in [-0.1, -0.05) is 41.9 Å². The van der Waals surface area contributed by atoms with E-state index < -0.39 is 0 Å². The van der Waals surface area contributed by atoms with Crippen LogP contribution in [0.5, 0.6) is 5.75 Å². The van der Waals surface area contributed by atoms with E-state index in [4.69, 9.17) is 22.1 Å². The average molecular weight is 303 g/mol. The maximum Gasteiger partial charge on any atom is 0.137 e. The molecule has 0 aliphatic carbocycles. The third kappa shape index (κ3) is 3.31. The molecule has 0 radical (unpaired) electrons. The largest absolute Gasteiger partial charge is 0.490 e. The predicted octanol–water partition coefficient (Wildman–Crippen LogP) is 3.11. The van der Waals surface area contributed by atoms with Crippen LogP contribution in [-0.2, 0) is 6.42 Å². The van der Waals surface area contributed by atoms with Gasteiger partial charge in [0.1, 0.15) is 12.4 Å². The monoisotopic (exact) mass is 302 g/mol. The molecular weight excluding hydrogens is 284 g/mol. The molecule has 1 aliphatic heterocycles. The highest BCUT2D eigenvalue weighted by molar-refractivity contribution is 6.32. The van der Waals surface area contributed by atoms with E-state index in [0.29, 0.717) is 11.6 Å². The van der Waals surface area contributed by atoms with Crippen molar-refractivity contribution in [2.24, 2.45) is 5.73 Å². The van der Waals surface area contributed by atoms with Crippen molar-refractivity contribution in [1.29, 1.82) is 0 Å². The summed E-state index contributed by atoms with van der Waals surface area (Å²) in [4.78, 5) is 2.29. The van der Waals surface area contributed by atoms with E-state index in [9.17, 15) is 0 Å². The summed E-state index contributed by atoms with van der Waals surface area (Å²) in [7, 11) is 0. The minimum atomic E-state index is 0.181. The number of benzene rings is 2. The smallest absolute Gasteiger partial charge is 0.137 e. The van der Waals surface area contributed by atoms with Gasteiger partial charge >= 0.3 is 0 Å². The number of anilines is 1. The quantitative estimate of drug-likeness (QED) is 0.943. The van der Waals surface area contributed by atoms with Crippen molar-refractivity contribution < 1.29 is 4.74 Å². The third-order valence-electron chi connectivity index (χ3n) is 3.72. The molecular formula is C17H19ClN2O. The van der Waals surface area contributed by atoms with Crippen LogP contribution in [0.15, 0.2) is 48.5 Å². The predicted molar refractivity (Wildman–Crippen MR) is 87.3 cm³/mol. The van der Waals surface area contributed by atoms with Crippen molar-refractivity contribution in [3.8, 4) is 5.75 Å². The Bertz CT molecular complexity index is 617. The van der Waals surface area contributed by atoms with Crippen LogP contribution in [-0.4, -0.2) is 25.7 Å². The number of ether oxygens (including phenoxy) is 1. The van der Waals surface area contributed by atoms with Gasteiger partial charge in [-0.15, -0.1) is 0 Å². The number of halogens is 1. The van der Waals surface area contributed by atoms with Crippen LogP contribution >= 0.6 is 11.6 Å². The molecule has 3 rings (SSSR count). The van der Waals surface area contributed by atoms with Gasteiger partial charge in [0.2, 0.25) is 0 Å². The molecule has 4 heteroatoms. The lowest BCUT2D eigenvalue weighted by atomic mass is 9.98. The van der Waals surface area contributed by atoms with Crippen molar-refractivity contribution in [2.75, 3.05) is 24.6 Å². The van der Waals surface area contributed by atoms with Crippen molar-refractivity contribution in [3.05, 3.63) is 59.1 Å². The fourth-order valence-electron chi connectivity index (χ4n) is 2.76. The van der Waals surface area contributed by atoms with Crippen molar-refractivity contribution in [2.45, 2.75) is 12.5 Å². The number of rotatable bonds is 4. The van der Waals surface area contributed by atoms with Crippen LogP contribution in [0, 0.1) is 0 Å². The topological polar surface area (TPSA) is 38.5 Å². The number of fused-ring (bicyclic) bond motifs is 1. The fourth-order valence-corrected chi connectivity index (χ4v) is 2.95.